The topological polar surface area (TPSA) is 66.1 Å². The molecule has 1 aromatic carbocycles. The van der Waals surface area contributed by atoms with Crippen LogP contribution in [0.1, 0.15) is 16.8 Å². The zero-order valence-electron chi connectivity index (χ0n) is 10.7. The maximum atomic E-state index is 8.93. The number of nitriles is 1. The molecule has 0 aliphatic heterocycles. The monoisotopic (exact) mass is 264 g/mol. The Labute approximate surface area is 117 Å². The molecule has 20 heavy (non-hydrogen) atoms. The lowest BCUT2D eigenvalue weighted by molar-refractivity contribution is 0.305. The van der Waals surface area contributed by atoms with Crippen LogP contribution in [0.3, 0.4) is 0 Å². The molecule has 2 aromatic rings. The van der Waals surface area contributed by atoms with Crippen molar-refractivity contribution in [3.63, 3.8) is 0 Å². The van der Waals surface area contributed by atoms with Crippen molar-refractivity contribution in [3.05, 3.63) is 59.4 Å². The van der Waals surface area contributed by atoms with Gasteiger partial charge in [-0.05, 0) is 30.3 Å². The number of pyridine rings is 1. The number of hydrogen-bond donors (Lipinski definition) is 1. The van der Waals surface area contributed by atoms with Crippen LogP contribution in [0.15, 0.2) is 42.6 Å². The summed E-state index contributed by atoms with van der Waals surface area (Å²) in [5.74, 6) is 6.07. The van der Waals surface area contributed by atoms with Crippen LogP contribution >= 0.6 is 0 Å². The SMILES string of the molecule is N#Cc1ncccc1COc1ccc(C#CCO)cc1. The Hall–Kier alpha value is -2.82. The predicted molar refractivity (Wildman–Crippen MR) is 73.7 cm³/mol. The molecule has 0 amide bonds. The molecule has 1 heterocycles. The van der Waals surface area contributed by atoms with Crippen molar-refractivity contribution in [1.82, 2.24) is 4.98 Å². The van der Waals surface area contributed by atoms with E-state index in [0.717, 1.165) is 11.1 Å². The number of aromatic nitrogens is 1. The second-order valence-electron chi connectivity index (χ2n) is 3.90. The second kappa shape index (κ2) is 6.94. The number of hydrogen-bond acceptors (Lipinski definition) is 4. The molecule has 0 spiro atoms. The Bertz CT molecular complexity index is 676. The van der Waals surface area contributed by atoms with Gasteiger partial charge in [0.1, 0.15) is 30.7 Å². The van der Waals surface area contributed by atoms with E-state index in [2.05, 4.69) is 16.8 Å². The first-order valence-corrected chi connectivity index (χ1v) is 6.00. The molecule has 4 nitrogen and oxygen atoms in total. The third-order valence-electron chi connectivity index (χ3n) is 2.56. The first-order valence-electron chi connectivity index (χ1n) is 6.00. The molecule has 2 rings (SSSR count). The van der Waals surface area contributed by atoms with E-state index in [1.54, 1.807) is 24.4 Å². The number of rotatable bonds is 3. The first-order chi connectivity index (χ1) is 9.83. The summed E-state index contributed by atoms with van der Waals surface area (Å²) >= 11 is 0. The number of benzene rings is 1. The van der Waals surface area contributed by atoms with E-state index in [9.17, 15) is 0 Å². The molecule has 0 unspecified atom stereocenters. The van der Waals surface area contributed by atoms with Crippen molar-refractivity contribution in [3.8, 4) is 23.7 Å². The minimum Gasteiger partial charge on any atom is -0.489 e. The number of ether oxygens (including phenoxy) is 1. The van der Waals surface area contributed by atoms with Gasteiger partial charge in [0.05, 0.1) is 0 Å². The Balaban J connectivity index is 2.02. The van der Waals surface area contributed by atoms with Crippen LogP contribution in [0.2, 0.25) is 0 Å². The van der Waals surface area contributed by atoms with Crippen LogP contribution in [-0.4, -0.2) is 16.7 Å². The highest BCUT2D eigenvalue weighted by Gasteiger charge is 2.03. The second-order valence-corrected chi connectivity index (χ2v) is 3.90. The summed E-state index contributed by atoms with van der Waals surface area (Å²) < 4.78 is 5.61. The lowest BCUT2D eigenvalue weighted by atomic mass is 10.2. The van der Waals surface area contributed by atoms with Crippen molar-refractivity contribution in [2.75, 3.05) is 6.61 Å². The molecule has 1 aromatic heterocycles. The van der Waals surface area contributed by atoms with Gasteiger partial charge in [-0.15, -0.1) is 0 Å². The van der Waals surface area contributed by atoms with E-state index in [0.29, 0.717) is 18.1 Å². The van der Waals surface area contributed by atoms with Gasteiger partial charge in [0.25, 0.3) is 0 Å². The molecule has 98 valence electrons. The van der Waals surface area contributed by atoms with Crippen molar-refractivity contribution in [1.29, 1.82) is 5.26 Å². The fourth-order valence-corrected chi connectivity index (χ4v) is 1.59. The first kappa shape index (κ1) is 13.6. The van der Waals surface area contributed by atoms with Crippen LogP contribution in [0.5, 0.6) is 5.75 Å². The molecule has 0 aliphatic carbocycles. The maximum Gasteiger partial charge on any atom is 0.147 e. The van der Waals surface area contributed by atoms with Gasteiger partial charge in [-0.2, -0.15) is 5.26 Å². The summed E-state index contributed by atoms with van der Waals surface area (Å²) in [4.78, 5) is 3.97. The van der Waals surface area contributed by atoms with Crippen LogP contribution in [0, 0.1) is 23.2 Å². The minimum atomic E-state index is -0.157. The van der Waals surface area contributed by atoms with E-state index >= 15 is 0 Å². The van der Waals surface area contributed by atoms with Gasteiger partial charge >= 0.3 is 0 Å². The van der Waals surface area contributed by atoms with E-state index in [1.165, 1.54) is 0 Å². The van der Waals surface area contributed by atoms with E-state index in [-0.39, 0.29) is 6.61 Å². The van der Waals surface area contributed by atoms with Crippen molar-refractivity contribution in [2.24, 2.45) is 0 Å². The average Bonchev–Trinajstić information content (AvgIpc) is 2.52. The smallest absolute Gasteiger partial charge is 0.147 e. The average molecular weight is 264 g/mol. The lowest BCUT2D eigenvalue weighted by Crippen LogP contribution is -1.99. The van der Waals surface area contributed by atoms with Gasteiger partial charge in [0.2, 0.25) is 0 Å². The zero-order valence-corrected chi connectivity index (χ0v) is 10.7. The molecule has 0 fully saturated rings. The summed E-state index contributed by atoms with van der Waals surface area (Å²) in [5.41, 5.74) is 1.93. The highest BCUT2D eigenvalue weighted by molar-refractivity contribution is 5.38. The highest BCUT2D eigenvalue weighted by Crippen LogP contribution is 2.14. The Kier molecular flexibility index (Phi) is 4.72. The Morgan fingerprint density at radius 2 is 2.00 bits per heavy atom. The summed E-state index contributed by atoms with van der Waals surface area (Å²) in [7, 11) is 0. The quantitative estimate of drug-likeness (QED) is 0.859. The van der Waals surface area contributed by atoms with Crippen LogP contribution in [-0.2, 0) is 6.61 Å². The molecular weight excluding hydrogens is 252 g/mol. The van der Waals surface area contributed by atoms with Crippen molar-refractivity contribution < 1.29 is 9.84 Å². The van der Waals surface area contributed by atoms with Gasteiger partial charge in [-0.1, -0.05) is 17.9 Å². The molecule has 4 heteroatoms. The zero-order chi connectivity index (χ0) is 14.2. The summed E-state index contributed by atoms with van der Waals surface area (Å²) in [6, 6.07) is 12.8. The molecule has 0 saturated heterocycles. The normalized spacial score (nSPS) is 9.20. The fraction of sp³-hybridized carbons (Fsp3) is 0.125. The molecule has 0 radical (unpaired) electrons. The third-order valence-corrected chi connectivity index (χ3v) is 2.56. The van der Waals surface area contributed by atoms with E-state index in [1.807, 2.05) is 24.3 Å². The summed E-state index contributed by atoms with van der Waals surface area (Å²) in [5, 5.41) is 17.5. The molecule has 0 aliphatic rings. The maximum absolute atomic E-state index is 8.93. The number of aliphatic hydroxyl groups is 1. The molecule has 0 saturated carbocycles. The largest absolute Gasteiger partial charge is 0.489 e. The molecule has 0 bridgehead atoms. The van der Waals surface area contributed by atoms with Crippen LogP contribution in [0.4, 0.5) is 0 Å². The third kappa shape index (κ3) is 3.58. The van der Waals surface area contributed by atoms with E-state index in [4.69, 9.17) is 15.1 Å². The highest BCUT2D eigenvalue weighted by atomic mass is 16.5. The fourth-order valence-electron chi connectivity index (χ4n) is 1.59. The summed E-state index contributed by atoms with van der Waals surface area (Å²) in [6.07, 6.45) is 1.58. The molecule has 1 N–H and O–H groups in total. The van der Waals surface area contributed by atoms with Gasteiger partial charge < -0.3 is 9.84 Å². The van der Waals surface area contributed by atoms with Crippen LogP contribution in [0.25, 0.3) is 0 Å². The molecular formula is C16H12N2O2. The Morgan fingerprint density at radius 1 is 1.20 bits per heavy atom. The van der Waals surface area contributed by atoms with Gasteiger partial charge in [0.15, 0.2) is 0 Å². The lowest BCUT2D eigenvalue weighted by Gasteiger charge is -2.06. The number of nitrogens with zero attached hydrogens (tertiary/aromatic N) is 2. The van der Waals surface area contributed by atoms with Crippen molar-refractivity contribution in [2.45, 2.75) is 6.61 Å². The van der Waals surface area contributed by atoms with E-state index < -0.39 is 0 Å². The predicted octanol–water partition coefficient (Wildman–Crippen LogP) is 1.88. The van der Waals surface area contributed by atoms with Crippen molar-refractivity contribution >= 4 is 0 Å². The minimum absolute atomic E-state index is 0.157. The standard InChI is InChI=1S/C16H12N2O2/c17-11-16-14(4-1-9-18-16)12-20-15-7-5-13(6-8-15)3-2-10-19/h1,4-9,19H,10,12H2. The van der Waals surface area contributed by atoms with Gasteiger partial charge in [-0.25, -0.2) is 4.98 Å². The van der Waals surface area contributed by atoms with Gasteiger partial charge in [0, 0.05) is 17.3 Å². The Morgan fingerprint density at radius 3 is 2.70 bits per heavy atom. The molecule has 0 atom stereocenters. The van der Waals surface area contributed by atoms with Crippen LogP contribution < -0.4 is 4.74 Å². The summed E-state index contributed by atoms with van der Waals surface area (Å²) in [6.45, 7) is 0.134. The van der Waals surface area contributed by atoms with Gasteiger partial charge in [-0.3, -0.25) is 0 Å². The number of aliphatic hydroxyl groups excluding tert-OH is 1.